The van der Waals surface area contributed by atoms with Crippen molar-refractivity contribution in [2.24, 2.45) is 0 Å². The summed E-state index contributed by atoms with van der Waals surface area (Å²) in [5.41, 5.74) is 3.72. The predicted molar refractivity (Wildman–Crippen MR) is 119 cm³/mol. The minimum atomic E-state index is -0.799. The molecule has 1 aromatic heterocycles. The van der Waals surface area contributed by atoms with E-state index in [9.17, 15) is 4.79 Å². The van der Waals surface area contributed by atoms with Crippen molar-refractivity contribution in [1.82, 2.24) is 4.98 Å². The van der Waals surface area contributed by atoms with Gasteiger partial charge in [0, 0.05) is 12.0 Å². The lowest BCUT2D eigenvalue weighted by Crippen LogP contribution is -2.06. The lowest BCUT2D eigenvalue weighted by Gasteiger charge is -2.16. The molecule has 1 N–H and O–H groups in total. The maximum Gasteiger partial charge on any atom is 0.303 e. The van der Waals surface area contributed by atoms with Crippen LogP contribution in [0.15, 0.2) is 46.9 Å². The summed E-state index contributed by atoms with van der Waals surface area (Å²) in [6, 6.07) is 13.3. The van der Waals surface area contributed by atoms with Crippen molar-refractivity contribution in [2.45, 2.75) is 52.6 Å². The number of aliphatic carboxylic acids is 1. The van der Waals surface area contributed by atoms with E-state index in [4.69, 9.17) is 24.0 Å². The molecule has 0 aliphatic rings. The molecule has 1 unspecified atom stereocenters. The zero-order valence-electron chi connectivity index (χ0n) is 18.6. The number of aryl methyl sites for hydroxylation is 2. The summed E-state index contributed by atoms with van der Waals surface area (Å²) in [6.07, 6.45) is 0.273. The molecule has 0 bridgehead atoms. The van der Waals surface area contributed by atoms with E-state index in [0.29, 0.717) is 23.8 Å². The first kappa shape index (κ1) is 22.4. The molecule has 31 heavy (non-hydrogen) atoms. The van der Waals surface area contributed by atoms with E-state index in [-0.39, 0.29) is 18.4 Å². The van der Waals surface area contributed by atoms with Gasteiger partial charge in [-0.2, -0.15) is 0 Å². The molecule has 0 saturated carbocycles. The molecule has 3 rings (SSSR count). The predicted octanol–water partition coefficient (Wildman–Crippen LogP) is 5.94. The van der Waals surface area contributed by atoms with Gasteiger partial charge >= 0.3 is 5.97 Å². The Hall–Kier alpha value is -3.28. The second-order valence-corrected chi connectivity index (χ2v) is 7.90. The van der Waals surface area contributed by atoms with Crippen LogP contribution in [0.25, 0.3) is 11.5 Å². The number of carbonyl (C=O) groups is 1. The number of hydrogen-bond acceptors (Lipinski definition) is 5. The summed E-state index contributed by atoms with van der Waals surface area (Å²) in [7, 11) is 1.63. The van der Waals surface area contributed by atoms with Gasteiger partial charge in [0.05, 0.1) is 12.8 Å². The largest absolute Gasteiger partial charge is 0.497 e. The molecule has 6 heteroatoms. The molecule has 3 aromatic rings. The van der Waals surface area contributed by atoms with Crippen molar-refractivity contribution in [1.29, 1.82) is 0 Å². The average Bonchev–Trinajstić information content (AvgIpc) is 3.19. The third-order valence-corrected chi connectivity index (χ3v) is 5.15. The van der Waals surface area contributed by atoms with Crippen molar-refractivity contribution >= 4 is 5.97 Å². The van der Waals surface area contributed by atoms with E-state index in [1.165, 1.54) is 0 Å². The number of carboxylic acids is 1. The Balaban J connectivity index is 1.84. The van der Waals surface area contributed by atoms with Gasteiger partial charge in [-0.1, -0.05) is 26.0 Å². The average molecular weight is 424 g/mol. The van der Waals surface area contributed by atoms with Crippen molar-refractivity contribution < 1.29 is 23.8 Å². The quantitative estimate of drug-likeness (QED) is 0.459. The number of carboxylic acid groups (broad SMARTS) is 1. The third-order valence-electron chi connectivity index (χ3n) is 5.15. The number of rotatable bonds is 9. The summed E-state index contributed by atoms with van der Waals surface area (Å²) >= 11 is 0. The number of benzene rings is 2. The van der Waals surface area contributed by atoms with Gasteiger partial charge in [0.15, 0.2) is 11.9 Å². The van der Waals surface area contributed by atoms with E-state index >= 15 is 0 Å². The van der Waals surface area contributed by atoms with Gasteiger partial charge in [-0.05, 0) is 67.6 Å². The van der Waals surface area contributed by atoms with Crippen molar-refractivity contribution in [3.05, 3.63) is 65.0 Å². The zero-order chi connectivity index (χ0) is 22.5. The maximum atomic E-state index is 10.8. The van der Waals surface area contributed by atoms with Crippen LogP contribution in [0.2, 0.25) is 0 Å². The van der Waals surface area contributed by atoms with Gasteiger partial charge in [-0.3, -0.25) is 4.79 Å². The Morgan fingerprint density at radius 3 is 2.55 bits per heavy atom. The molecule has 0 saturated heterocycles. The van der Waals surface area contributed by atoms with Crippen LogP contribution in [0, 0.1) is 6.92 Å². The third kappa shape index (κ3) is 5.45. The normalized spacial score (nSPS) is 12.1. The fourth-order valence-electron chi connectivity index (χ4n) is 3.45. The van der Waals surface area contributed by atoms with Crippen LogP contribution in [0.1, 0.15) is 61.8 Å². The highest BCUT2D eigenvalue weighted by Gasteiger charge is 2.23. The van der Waals surface area contributed by atoms with Crippen LogP contribution in [-0.2, 0) is 11.2 Å². The SMILES string of the molecule is COc1cccc(-c2nc(C(C)C)c(C(C)Oc3ccc(CCC(=O)O)c(C)c3)o2)c1. The number of methoxy groups -OCH3 is 1. The summed E-state index contributed by atoms with van der Waals surface area (Å²) in [6.45, 7) is 8.05. The van der Waals surface area contributed by atoms with E-state index < -0.39 is 5.97 Å². The smallest absolute Gasteiger partial charge is 0.303 e. The molecule has 0 aliphatic heterocycles. The second kappa shape index (κ2) is 9.69. The highest BCUT2D eigenvalue weighted by molar-refractivity contribution is 5.67. The fraction of sp³-hybridized carbons (Fsp3) is 0.360. The van der Waals surface area contributed by atoms with Gasteiger partial charge < -0.3 is 19.0 Å². The molecule has 0 aliphatic carbocycles. The first-order chi connectivity index (χ1) is 14.8. The van der Waals surface area contributed by atoms with E-state index in [0.717, 1.165) is 28.1 Å². The van der Waals surface area contributed by atoms with Gasteiger partial charge in [-0.15, -0.1) is 0 Å². The lowest BCUT2D eigenvalue weighted by atomic mass is 10.0. The molecular formula is C25H29NO5. The van der Waals surface area contributed by atoms with Crippen molar-refractivity contribution in [3.8, 4) is 23.0 Å². The monoisotopic (exact) mass is 423 g/mol. The van der Waals surface area contributed by atoms with Gasteiger partial charge in [-0.25, -0.2) is 4.98 Å². The van der Waals surface area contributed by atoms with E-state index in [1.807, 2.05) is 56.3 Å². The molecule has 1 heterocycles. The molecule has 2 aromatic carbocycles. The van der Waals surface area contributed by atoms with Crippen LogP contribution in [0.3, 0.4) is 0 Å². The van der Waals surface area contributed by atoms with Crippen molar-refractivity contribution in [3.63, 3.8) is 0 Å². The zero-order valence-corrected chi connectivity index (χ0v) is 18.6. The molecular weight excluding hydrogens is 394 g/mol. The van der Waals surface area contributed by atoms with Crippen LogP contribution < -0.4 is 9.47 Å². The minimum absolute atomic E-state index is 0.111. The Kier molecular flexibility index (Phi) is 7.00. The molecule has 0 fully saturated rings. The molecule has 0 radical (unpaired) electrons. The molecule has 164 valence electrons. The van der Waals surface area contributed by atoms with E-state index in [2.05, 4.69) is 13.8 Å². The number of aromatic nitrogens is 1. The van der Waals surface area contributed by atoms with Crippen LogP contribution in [0.5, 0.6) is 11.5 Å². The van der Waals surface area contributed by atoms with Gasteiger partial charge in [0.2, 0.25) is 5.89 Å². The fourth-order valence-corrected chi connectivity index (χ4v) is 3.45. The summed E-state index contributed by atoms with van der Waals surface area (Å²) in [4.78, 5) is 15.6. The van der Waals surface area contributed by atoms with Crippen molar-refractivity contribution in [2.75, 3.05) is 7.11 Å². The maximum absolute atomic E-state index is 10.8. The highest BCUT2D eigenvalue weighted by Crippen LogP contribution is 2.34. The molecule has 6 nitrogen and oxygen atoms in total. The van der Waals surface area contributed by atoms with Crippen LogP contribution >= 0.6 is 0 Å². The Bertz CT molecular complexity index is 1050. The summed E-state index contributed by atoms with van der Waals surface area (Å²) in [5.74, 6) is 2.05. The Morgan fingerprint density at radius 1 is 1.13 bits per heavy atom. The topological polar surface area (TPSA) is 81.8 Å². The molecule has 0 amide bonds. The highest BCUT2D eigenvalue weighted by atomic mass is 16.5. The standard InChI is InChI=1S/C25H29NO5/c1-15(2)23-24(31-25(26-23)19-7-6-8-20(14-19)29-5)17(4)30-21-11-9-18(16(3)13-21)10-12-22(27)28/h6-9,11,13-15,17H,10,12H2,1-5H3,(H,27,28). The van der Waals surface area contributed by atoms with Crippen LogP contribution in [-0.4, -0.2) is 23.2 Å². The first-order valence-corrected chi connectivity index (χ1v) is 10.4. The van der Waals surface area contributed by atoms with E-state index in [1.54, 1.807) is 7.11 Å². The molecule has 1 atom stereocenters. The summed E-state index contributed by atoms with van der Waals surface area (Å²) < 4.78 is 17.6. The Morgan fingerprint density at radius 2 is 1.90 bits per heavy atom. The first-order valence-electron chi connectivity index (χ1n) is 10.4. The number of oxazole rings is 1. The number of nitrogens with zero attached hydrogens (tertiary/aromatic N) is 1. The Labute approximate surface area is 182 Å². The van der Waals surface area contributed by atoms with Crippen LogP contribution in [0.4, 0.5) is 0 Å². The summed E-state index contributed by atoms with van der Waals surface area (Å²) in [5, 5.41) is 8.90. The van der Waals surface area contributed by atoms with Gasteiger partial charge in [0.1, 0.15) is 11.5 Å². The number of hydrogen-bond donors (Lipinski definition) is 1. The van der Waals surface area contributed by atoms with Gasteiger partial charge in [0.25, 0.3) is 0 Å². The second-order valence-electron chi connectivity index (χ2n) is 7.90. The minimum Gasteiger partial charge on any atom is -0.497 e. The lowest BCUT2D eigenvalue weighted by molar-refractivity contribution is -0.136. The molecule has 0 spiro atoms. The number of ether oxygens (including phenoxy) is 2.